The summed E-state index contributed by atoms with van der Waals surface area (Å²) < 4.78 is 0. The molecule has 0 aromatic heterocycles. The van der Waals surface area contributed by atoms with Crippen LogP contribution in [0.5, 0.6) is 0 Å². The van der Waals surface area contributed by atoms with E-state index in [0.29, 0.717) is 31.7 Å². The van der Waals surface area contributed by atoms with Crippen LogP contribution < -0.4 is 4.90 Å². The van der Waals surface area contributed by atoms with Crippen LogP contribution in [0.1, 0.15) is 44.9 Å². The second kappa shape index (κ2) is 10.8. The fourth-order valence-corrected chi connectivity index (χ4v) is 5.14. The van der Waals surface area contributed by atoms with E-state index in [2.05, 4.69) is 29.2 Å². The Hall–Kier alpha value is -2.57. The van der Waals surface area contributed by atoms with Gasteiger partial charge in [-0.3, -0.25) is 14.4 Å². The molecular weight excluding hydrogens is 404 g/mol. The van der Waals surface area contributed by atoms with Crippen LogP contribution in [-0.2, 0) is 14.4 Å². The Morgan fingerprint density at radius 2 is 1.47 bits per heavy atom. The van der Waals surface area contributed by atoms with Crippen LogP contribution in [0.15, 0.2) is 30.3 Å². The van der Waals surface area contributed by atoms with Gasteiger partial charge in [0.05, 0.1) is 0 Å². The van der Waals surface area contributed by atoms with E-state index in [1.807, 2.05) is 20.8 Å². The summed E-state index contributed by atoms with van der Waals surface area (Å²) in [4.78, 5) is 45.0. The van der Waals surface area contributed by atoms with Crippen molar-refractivity contribution in [2.45, 2.75) is 44.9 Å². The number of para-hydroxylation sites is 1. The maximum absolute atomic E-state index is 12.7. The average molecular weight is 441 g/mol. The molecule has 3 saturated heterocycles. The molecule has 0 saturated carbocycles. The van der Waals surface area contributed by atoms with Crippen LogP contribution in [0.2, 0.25) is 0 Å². The van der Waals surface area contributed by atoms with Gasteiger partial charge in [0, 0.05) is 77.3 Å². The van der Waals surface area contributed by atoms with E-state index in [0.717, 1.165) is 71.5 Å². The van der Waals surface area contributed by atoms with Gasteiger partial charge in [-0.2, -0.15) is 0 Å². The first-order valence-electron chi connectivity index (χ1n) is 12.2. The lowest BCUT2D eigenvalue weighted by atomic mass is 9.91. The first-order chi connectivity index (χ1) is 15.6. The van der Waals surface area contributed by atoms with Crippen LogP contribution in [-0.4, -0.2) is 84.8 Å². The summed E-state index contributed by atoms with van der Waals surface area (Å²) in [6.07, 6.45) is 5.46. The van der Waals surface area contributed by atoms with Crippen molar-refractivity contribution in [3.63, 3.8) is 0 Å². The molecule has 3 fully saturated rings. The fraction of sp³-hybridized carbons (Fsp3) is 0.640. The Balaban J connectivity index is 1.11. The summed E-state index contributed by atoms with van der Waals surface area (Å²) in [6, 6.07) is 10.4. The quantitative estimate of drug-likeness (QED) is 0.653. The Labute approximate surface area is 191 Å². The standard InChI is InChI=1S/C25H36N4O3/c30-23-7-4-13-27(23)16-12-25(32)28-14-10-21(11-15-28)8-9-24(31)29-19-17-26(18-20-29)22-5-2-1-3-6-22/h1-3,5-6,21H,4,7-20H2. The number of rotatable bonds is 7. The van der Waals surface area contributed by atoms with Crippen molar-refractivity contribution in [1.29, 1.82) is 0 Å². The molecule has 7 heteroatoms. The number of carbonyl (C=O) groups is 3. The van der Waals surface area contributed by atoms with Gasteiger partial charge in [0.1, 0.15) is 0 Å². The SMILES string of the molecule is O=C1CCCN1CCC(=O)N1CCC(CCC(=O)N2CCN(c3ccccc3)CC2)CC1. The molecule has 3 aliphatic rings. The number of nitrogens with zero attached hydrogens (tertiary/aromatic N) is 4. The zero-order valence-corrected chi connectivity index (χ0v) is 19.1. The maximum Gasteiger partial charge on any atom is 0.224 e. The highest BCUT2D eigenvalue weighted by atomic mass is 16.2. The monoisotopic (exact) mass is 440 g/mol. The predicted molar refractivity (Wildman–Crippen MR) is 124 cm³/mol. The van der Waals surface area contributed by atoms with Crippen LogP contribution in [0.25, 0.3) is 0 Å². The molecule has 0 atom stereocenters. The van der Waals surface area contributed by atoms with E-state index in [1.165, 1.54) is 5.69 Å². The molecule has 0 bridgehead atoms. The highest BCUT2D eigenvalue weighted by molar-refractivity contribution is 5.80. The average Bonchev–Trinajstić information content (AvgIpc) is 3.26. The molecule has 3 heterocycles. The van der Waals surface area contributed by atoms with Crippen molar-refractivity contribution < 1.29 is 14.4 Å². The van der Waals surface area contributed by atoms with Gasteiger partial charge in [-0.25, -0.2) is 0 Å². The first-order valence-corrected chi connectivity index (χ1v) is 12.2. The van der Waals surface area contributed by atoms with Gasteiger partial charge in [-0.15, -0.1) is 0 Å². The minimum Gasteiger partial charge on any atom is -0.368 e. The number of likely N-dealkylation sites (tertiary alicyclic amines) is 2. The molecule has 0 N–H and O–H groups in total. The van der Waals surface area contributed by atoms with Gasteiger partial charge in [-0.05, 0) is 43.7 Å². The normalized spacial score (nSPS) is 20.2. The van der Waals surface area contributed by atoms with E-state index in [-0.39, 0.29) is 17.7 Å². The Bertz CT molecular complexity index is 784. The third-order valence-corrected chi connectivity index (χ3v) is 7.25. The van der Waals surface area contributed by atoms with Crippen molar-refractivity contribution in [1.82, 2.24) is 14.7 Å². The van der Waals surface area contributed by atoms with Crippen molar-refractivity contribution in [2.24, 2.45) is 5.92 Å². The number of hydrogen-bond acceptors (Lipinski definition) is 4. The van der Waals surface area contributed by atoms with Crippen LogP contribution >= 0.6 is 0 Å². The fourth-order valence-electron chi connectivity index (χ4n) is 5.14. The van der Waals surface area contributed by atoms with Crippen LogP contribution in [0.4, 0.5) is 5.69 Å². The molecule has 174 valence electrons. The van der Waals surface area contributed by atoms with Gasteiger partial charge >= 0.3 is 0 Å². The predicted octanol–water partition coefficient (Wildman–Crippen LogP) is 2.37. The smallest absolute Gasteiger partial charge is 0.224 e. The molecule has 3 aliphatic heterocycles. The number of benzene rings is 1. The molecule has 1 aromatic rings. The minimum absolute atomic E-state index is 0.163. The highest BCUT2D eigenvalue weighted by Gasteiger charge is 2.27. The third-order valence-electron chi connectivity index (χ3n) is 7.25. The molecule has 4 rings (SSSR count). The van der Waals surface area contributed by atoms with E-state index in [1.54, 1.807) is 0 Å². The molecule has 32 heavy (non-hydrogen) atoms. The molecule has 1 aromatic carbocycles. The molecule has 0 spiro atoms. The second-order valence-electron chi connectivity index (χ2n) is 9.30. The lowest BCUT2D eigenvalue weighted by Gasteiger charge is -2.36. The van der Waals surface area contributed by atoms with Crippen LogP contribution in [0, 0.1) is 5.92 Å². The van der Waals surface area contributed by atoms with Crippen LogP contribution in [0.3, 0.4) is 0 Å². The lowest BCUT2D eigenvalue weighted by molar-refractivity contribution is -0.135. The van der Waals surface area contributed by atoms with Crippen molar-refractivity contribution in [2.75, 3.05) is 57.3 Å². The number of anilines is 1. The topological polar surface area (TPSA) is 64.2 Å². The Morgan fingerprint density at radius 1 is 0.812 bits per heavy atom. The zero-order chi connectivity index (χ0) is 22.3. The van der Waals surface area contributed by atoms with Crippen molar-refractivity contribution in [3.05, 3.63) is 30.3 Å². The molecule has 0 aliphatic carbocycles. The summed E-state index contributed by atoms with van der Waals surface area (Å²) in [5.41, 5.74) is 1.23. The molecular formula is C25H36N4O3. The summed E-state index contributed by atoms with van der Waals surface area (Å²) in [7, 11) is 0. The van der Waals surface area contributed by atoms with Gasteiger partial charge in [0.25, 0.3) is 0 Å². The summed E-state index contributed by atoms with van der Waals surface area (Å²) in [5.74, 6) is 1.14. The number of carbonyl (C=O) groups excluding carboxylic acids is 3. The van der Waals surface area contributed by atoms with Gasteiger partial charge < -0.3 is 19.6 Å². The van der Waals surface area contributed by atoms with Gasteiger partial charge in [0.2, 0.25) is 17.7 Å². The third kappa shape index (κ3) is 5.81. The highest BCUT2D eigenvalue weighted by Crippen LogP contribution is 2.24. The minimum atomic E-state index is 0.163. The van der Waals surface area contributed by atoms with E-state index in [4.69, 9.17) is 0 Å². The zero-order valence-electron chi connectivity index (χ0n) is 19.1. The lowest BCUT2D eigenvalue weighted by Crippen LogP contribution is -2.48. The largest absolute Gasteiger partial charge is 0.368 e. The maximum atomic E-state index is 12.7. The van der Waals surface area contributed by atoms with Crippen molar-refractivity contribution >= 4 is 23.4 Å². The van der Waals surface area contributed by atoms with Gasteiger partial charge in [-0.1, -0.05) is 18.2 Å². The molecule has 0 unspecified atom stereocenters. The molecule has 0 radical (unpaired) electrons. The first kappa shape index (κ1) is 22.6. The molecule has 3 amide bonds. The second-order valence-corrected chi connectivity index (χ2v) is 9.30. The van der Waals surface area contributed by atoms with E-state index < -0.39 is 0 Å². The summed E-state index contributed by atoms with van der Waals surface area (Å²) in [6.45, 7) is 6.27. The van der Waals surface area contributed by atoms with E-state index in [9.17, 15) is 14.4 Å². The van der Waals surface area contributed by atoms with E-state index >= 15 is 0 Å². The Kier molecular flexibility index (Phi) is 7.66. The summed E-state index contributed by atoms with van der Waals surface area (Å²) in [5, 5.41) is 0. The molecule has 7 nitrogen and oxygen atoms in total. The number of hydrogen-bond donors (Lipinski definition) is 0. The number of piperidine rings is 1. The number of piperazine rings is 1. The Morgan fingerprint density at radius 3 is 2.12 bits per heavy atom. The summed E-state index contributed by atoms with van der Waals surface area (Å²) >= 11 is 0. The van der Waals surface area contributed by atoms with Crippen molar-refractivity contribution in [3.8, 4) is 0 Å². The van der Waals surface area contributed by atoms with Gasteiger partial charge in [0.15, 0.2) is 0 Å². The number of amides is 3.